The minimum atomic E-state index is -1.30. The fraction of sp³-hybridized carbons (Fsp3) is 0.833. The number of unbranched alkanes of at least 4 members (excludes halogenated alkanes) is 2. The zero-order chi connectivity index (χ0) is 26.7. The van der Waals surface area contributed by atoms with Crippen LogP contribution in [0, 0.1) is 22.7 Å². The van der Waals surface area contributed by atoms with Gasteiger partial charge in [0.05, 0.1) is 23.8 Å². The molecule has 0 aliphatic heterocycles. The van der Waals surface area contributed by atoms with Crippen LogP contribution in [0.3, 0.4) is 0 Å². The fourth-order valence-electron chi connectivity index (χ4n) is 1.83. The Balaban J connectivity index is -0.000000112. The van der Waals surface area contributed by atoms with Crippen molar-refractivity contribution in [3.63, 3.8) is 0 Å². The average Bonchev–Trinajstić information content (AvgIpc) is 2.66. The topological polar surface area (TPSA) is 155 Å². The smallest absolute Gasteiger partial charge is 0.549 e. The largest absolute Gasteiger partial charge is 2.00 e. The number of carbonyl (C=O) groups is 4. The van der Waals surface area contributed by atoms with Crippen molar-refractivity contribution in [3.8, 4) is 0 Å². The SMILES string of the molecule is CC(C(=O)[O-])C(=O)C(C)(C)C.CC(C(=O)[O-])C(=O)C(C)(C)C.CCCCO.CCCCO.[Zr+2]. The molecule has 2 atom stereocenters. The van der Waals surface area contributed by atoms with Crippen molar-refractivity contribution in [2.24, 2.45) is 22.7 Å². The van der Waals surface area contributed by atoms with Gasteiger partial charge in [-0.3, -0.25) is 9.59 Å². The van der Waals surface area contributed by atoms with E-state index in [1.54, 1.807) is 41.5 Å². The number of aliphatic carboxylic acids is 2. The molecule has 9 heteroatoms. The molecule has 0 aliphatic carbocycles. The Morgan fingerprint density at radius 1 is 0.667 bits per heavy atom. The van der Waals surface area contributed by atoms with E-state index in [9.17, 15) is 29.4 Å². The van der Waals surface area contributed by atoms with Crippen LogP contribution in [-0.2, 0) is 45.4 Å². The third-order valence-corrected chi connectivity index (χ3v) is 4.00. The second-order valence-electron chi connectivity index (χ2n) is 9.46. The molecule has 2 N–H and O–H groups in total. The molecule has 0 amide bonds. The number of hydrogen-bond acceptors (Lipinski definition) is 8. The van der Waals surface area contributed by atoms with E-state index in [0.29, 0.717) is 13.2 Å². The Labute approximate surface area is 219 Å². The standard InChI is InChI=1S/2C8H14O3.2C4H10O.Zr/c2*1-5(7(10)11)6(9)8(2,3)4;2*1-2-3-4-5;/h2*5H,1-4H3,(H,10,11);2*5H,2-4H2,1H3;/q;;;;+2/p-2. The summed E-state index contributed by atoms with van der Waals surface area (Å²) in [6.07, 6.45) is 4.08. The quantitative estimate of drug-likeness (QED) is 0.429. The van der Waals surface area contributed by atoms with Crippen molar-refractivity contribution >= 4 is 23.5 Å². The zero-order valence-corrected chi connectivity index (χ0v) is 24.7. The van der Waals surface area contributed by atoms with E-state index < -0.39 is 34.6 Å². The summed E-state index contributed by atoms with van der Waals surface area (Å²) >= 11 is 0. The molecular weight excluding hydrogens is 507 g/mol. The van der Waals surface area contributed by atoms with Crippen LogP contribution in [0.1, 0.15) is 94.9 Å². The molecule has 0 aromatic heterocycles. The molecule has 0 fully saturated rings. The third kappa shape index (κ3) is 27.2. The molecule has 0 spiro atoms. The van der Waals surface area contributed by atoms with Gasteiger partial charge in [-0.25, -0.2) is 0 Å². The monoisotopic (exact) mass is 552 g/mol. The van der Waals surface area contributed by atoms with E-state index in [0.717, 1.165) is 25.7 Å². The summed E-state index contributed by atoms with van der Waals surface area (Å²) < 4.78 is 0. The van der Waals surface area contributed by atoms with Crippen LogP contribution in [0.25, 0.3) is 0 Å². The summed E-state index contributed by atoms with van der Waals surface area (Å²) in [6, 6.07) is 0. The van der Waals surface area contributed by atoms with Crippen molar-refractivity contribution in [3.05, 3.63) is 0 Å². The van der Waals surface area contributed by atoms with Crippen LogP contribution in [0.5, 0.6) is 0 Å². The predicted octanol–water partition coefficient (Wildman–Crippen LogP) is 1.53. The van der Waals surface area contributed by atoms with Gasteiger partial charge in [0.1, 0.15) is 11.6 Å². The fourth-order valence-corrected chi connectivity index (χ4v) is 1.83. The molecule has 0 bridgehead atoms. The summed E-state index contributed by atoms with van der Waals surface area (Å²) in [7, 11) is 0. The number of rotatable bonds is 8. The number of ketones is 2. The number of carboxylic acid groups (broad SMARTS) is 2. The van der Waals surface area contributed by atoms with Gasteiger partial charge < -0.3 is 30.0 Å². The van der Waals surface area contributed by atoms with Crippen LogP contribution < -0.4 is 10.2 Å². The minimum absolute atomic E-state index is 0. The van der Waals surface area contributed by atoms with Gasteiger partial charge in [0.2, 0.25) is 0 Å². The average molecular weight is 554 g/mol. The first-order chi connectivity index (χ1) is 14.4. The molecule has 33 heavy (non-hydrogen) atoms. The first kappa shape index (κ1) is 42.3. The maximum absolute atomic E-state index is 11.2. The number of hydrogen-bond donors (Lipinski definition) is 2. The zero-order valence-electron chi connectivity index (χ0n) is 22.2. The predicted molar refractivity (Wildman–Crippen MR) is 121 cm³/mol. The van der Waals surface area contributed by atoms with E-state index in [1.807, 2.05) is 0 Å². The molecule has 0 heterocycles. The van der Waals surface area contributed by atoms with Crippen molar-refractivity contribution in [1.82, 2.24) is 0 Å². The van der Waals surface area contributed by atoms with E-state index in [4.69, 9.17) is 10.2 Å². The van der Waals surface area contributed by atoms with E-state index in [-0.39, 0.29) is 37.8 Å². The van der Waals surface area contributed by atoms with Gasteiger partial charge >= 0.3 is 26.2 Å². The second-order valence-corrected chi connectivity index (χ2v) is 9.46. The Morgan fingerprint density at radius 3 is 0.909 bits per heavy atom. The summed E-state index contributed by atoms with van der Waals surface area (Å²) in [5, 5.41) is 36.6. The molecule has 0 aromatic carbocycles. The van der Waals surface area contributed by atoms with E-state index in [2.05, 4.69) is 13.8 Å². The van der Waals surface area contributed by atoms with Gasteiger partial charge in [-0.2, -0.15) is 0 Å². The summed E-state index contributed by atoms with van der Waals surface area (Å²) in [5.74, 6) is -5.20. The van der Waals surface area contributed by atoms with Crippen LogP contribution in [0.15, 0.2) is 0 Å². The molecule has 0 saturated heterocycles. The molecule has 0 aliphatic rings. The Hall–Kier alpha value is -0.917. The number of carbonyl (C=O) groups excluding carboxylic acids is 4. The van der Waals surface area contributed by atoms with Gasteiger partial charge in [0.15, 0.2) is 0 Å². The van der Waals surface area contributed by atoms with Crippen LogP contribution in [0.4, 0.5) is 0 Å². The maximum Gasteiger partial charge on any atom is 2.00 e. The van der Waals surface area contributed by atoms with Gasteiger partial charge in [-0.05, 0) is 12.8 Å². The molecule has 194 valence electrons. The van der Waals surface area contributed by atoms with Crippen LogP contribution in [-0.4, -0.2) is 46.9 Å². The van der Waals surface area contributed by atoms with Crippen LogP contribution >= 0.6 is 0 Å². The molecular formula is C24H46O8Zr. The Bertz CT molecular complexity index is 482. The Morgan fingerprint density at radius 2 is 0.879 bits per heavy atom. The molecule has 0 radical (unpaired) electrons. The molecule has 0 aromatic rings. The van der Waals surface area contributed by atoms with Crippen LogP contribution in [0.2, 0.25) is 0 Å². The molecule has 0 rings (SSSR count). The molecule has 2 unspecified atom stereocenters. The first-order valence-corrected chi connectivity index (χ1v) is 11.1. The first-order valence-electron chi connectivity index (χ1n) is 11.1. The number of Topliss-reactive ketones (excluding diaryl/α,β-unsaturated/α-hetero) is 2. The normalized spacial score (nSPS) is 12.0. The van der Waals surface area contributed by atoms with E-state index in [1.165, 1.54) is 13.8 Å². The van der Waals surface area contributed by atoms with Gasteiger partial charge in [0, 0.05) is 24.0 Å². The van der Waals surface area contributed by atoms with Gasteiger partial charge in [-0.15, -0.1) is 0 Å². The minimum Gasteiger partial charge on any atom is -0.549 e. The van der Waals surface area contributed by atoms with Crippen molar-refractivity contribution in [1.29, 1.82) is 0 Å². The third-order valence-electron chi connectivity index (χ3n) is 4.00. The van der Waals surface area contributed by atoms with Gasteiger partial charge in [-0.1, -0.05) is 82.1 Å². The summed E-state index contributed by atoms with van der Waals surface area (Å²) in [6.45, 7) is 17.6. The Kier molecular flexibility index (Phi) is 29.3. The second kappa shape index (κ2) is 22.9. The van der Waals surface area contributed by atoms with Crippen molar-refractivity contribution in [2.45, 2.75) is 94.9 Å². The number of carboxylic acids is 2. The van der Waals surface area contributed by atoms with Crippen molar-refractivity contribution in [2.75, 3.05) is 13.2 Å². The summed E-state index contributed by atoms with van der Waals surface area (Å²) in [4.78, 5) is 42.9. The number of aliphatic hydroxyl groups is 2. The van der Waals surface area contributed by atoms with E-state index >= 15 is 0 Å². The molecule has 0 saturated carbocycles. The van der Waals surface area contributed by atoms with Gasteiger partial charge in [0.25, 0.3) is 0 Å². The molecule has 8 nitrogen and oxygen atoms in total. The number of aliphatic hydroxyl groups excluding tert-OH is 2. The van der Waals surface area contributed by atoms with Crippen molar-refractivity contribution < 1.29 is 65.8 Å². The maximum atomic E-state index is 11.2. The summed E-state index contributed by atoms with van der Waals surface area (Å²) in [5.41, 5.74) is -1.20.